The fourth-order valence-electron chi connectivity index (χ4n) is 1.77. The van der Waals surface area contributed by atoms with Crippen LogP contribution in [0.25, 0.3) is 0 Å². The Hall–Kier alpha value is -1.62. The van der Waals surface area contributed by atoms with Crippen LogP contribution in [0.1, 0.15) is 31.7 Å². The average molecular weight is 295 g/mol. The molecule has 4 nitrogen and oxygen atoms in total. The van der Waals surface area contributed by atoms with E-state index in [0.717, 1.165) is 39.0 Å². The summed E-state index contributed by atoms with van der Waals surface area (Å²) < 4.78 is 19.0. The predicted molar refractivity (Wildman–Crippen MR) is 84.9 cm³/mol. The lowest BCUT2D eigenvalue weighted by Crippen LogP contribution is -2.37. The minimum absolute atomic E-state index is 0.204. The first-order valence-electron chi connectivity index (χ1n) is 7.53. The third-order valence-corrected chi connectivity index (χ3v) is 3.03. The molecule has 1 rings (SSSR count). The molecule has 118 valence electrons. The van der Waals surface area contributed by atoms with Gasteiger partial charge in [0.15, 0.2) is 5.96 Å². The number of hydrogen-bond acceptors (Lipinski definition) is 2. The Morgan fingerprint density at radius 3 is 2.67 bits per heavy atom. The van der Waals surface area contributed by atoms with Crippen molar-refractivity contribution in [1.82, 2.24) is 10.6 Å². The lowest BCUT2D eigenvalue weighted by molar-refractivity contribution is 0.129. The van der Waals surface area contributed by atoms with Crippen molar-refractivity contribution in [3.8, 4) is 0 Å². The van der Waals surface area contributed by atoms with Gasteiger partial charge in [-0.25, -0.2) is 4.39 Å². The molecule has 1 aromatic carbocycles. The van der Waals surface area contributed by atoms with Gasteiger partial charge in [-0.15, -0.1) is 0 Å². The maximum Gasteiger partial charge on any atom is 0.191 e. The molecule has 0 amide bonds. The van der Waals surface area contributed by atoms with E-state index in [1.165, 1.54) is 6.07 Å². The van der Waals surface area contributed by atoms with Gasteiger partial charge in [0.05, 0.1) is 0 Å². The van der Waals surface area contributed by atoms with Crippen molar-refractivity contribution in [2.45, 2.75) is 32.7 Å². The van der Waals surface area contributed by atoms with Gasteiger partial charge in [-0.2, -0.15) is 0 Å². The molecule has 0 aromatic heterocycles. The molecular weight excluding hydrogens is 269 g/mol. The van der Waals surface area contributed by atoms with Crippen molar-refractivity contribution >= 4 is 5.96 Å². The molecule has 0 spiro atoms. The fraction of sp³-hybridized carbons (Fsp3) is 0.562. The van der Waals surface area contributed by atoms with Gasteiger partial charge < -0.3 is 15.4 Å². The zero-order valence-corrected chi connectivity index (χ0v) is 13.0. The minimum atomic E-state index is -0.204. The van der Waals surface area contributed by atoms with Crippen molar-refractivity contribution in [3.05, 3.63) is 35.6 Å². The molecule has 0 bridgehead atoms. The highest BCUT2D eigenvalue weighted by atomic mass is 19.1. The van der Waals surface area contributed by atoms with Crippen LogP contribution in [-0.4, -0.2) is 32.8 Å². The third-order valence-electron chi connectivity index (χ3n) is 3.03. The van der Waals surface area contributed by atoms with Crippen molar-refractivity contribution in [1.29, 1.82) is 0 Å². The summed E-state index contributed by atoms with van der Waals surface area (Å²) in [4.78, 5) is 4.11. The Morgan fingerprint density at radius 1 is 1.19 bits per heavy atom. The highest BCUT2D eigenvalue weighted by molar-refractivity contribution is 5.79. The zero-order chi connectivity index (χ0) is 15.3. The first-order valence-corrected chi connectivity index (χ1v) is 7.53. The molecule has 1 aromatic rings. The summed E-state index contributed by atoms with van der Waals surface area (Å²) in [6.45, 7) is 4.92. The van der Waals surface area contributed by atoms with Crippen LogP contribution in [0.4, 0.5) is 4.39 Å². The van der Waals surface area contributed by atoms with E-state index in [9.17, 15) is 4.39 Å². The zero-order valence-electron chi connectivity index (χ0n) is 13.0. The van der Waals surface area contributed by atoms with Crippen molar-refractivity contribution in [3.63, 3.8) is 0 Å². The van der Waals surface area contributed by atoms with E-state index >= 15 is 0 Å². The molecule has 0 aliphatic carbocycles. The summed E-state index contributed by atoms with van der Waals surface area (Å²) in [6.07, 6.45) is 3.19. The fourth-order valence-corrected chi connectivity index (χ4v) is 1.77. The Balaban J connectivity index is 2.16. The smallest absolute Gasteiger partial charge is 0.191 e. The van der Waals surface area contributed by atoms with Gasteiger partial charge in [0.25, 0.3) is 0 Å². The van der Waals surface area contributed by atoms with Gasteiger partial charge in [0, 0.05) is 38.9 Å². The molecule has 2 N–H and O–H groups in total. The molecule has 0 saturated heterocycles. The van der Waals surface area contributed by atoms with Crippen molar-refractivity contribution < 1.29 is 9.13 Å². The Kier molecular flexibility index (Phi) is 9.20. The van der Waals surface area contributed by atoms with Crippen molar-refractivity contribution in [2.24, 2.45) is 4.99 Å². The van der Waals surface area contributed by atoms with Crippen molar-refractivity contribution in [2.75, 3.05) is 26.8 Å². The summed E-state index contributed by atoms with van der Waals surface area (Å²) in [5, 5.41) is 6.28. The van der Waals surface area contributed by atoms with E-state index in [2.05, 4.69) is 22.5 Å². The van der Waals surface area contributed by atoms with E-state index in [1.807, 2.05) is 6.07 Å². The van der Waals surface area contributed by atoms with E-state index in [0.29, 0.717) is 18.1 Å². The first-order chi connectivity index (χ1) is 10.3. The molecule has 0 aliphatic heterocycles. The number of nitrogens with one attached hydrogen (secondary N) is 2. The molecule has 5 heteroatoms. The van der Waals surface area contributed by atoms with Crippen LogP contribution in [0.15, 0.2) is 29.3 Å². The molecule has 21 heavy (non-hydrogen) atoms. The SMILES string of the molecule is CCCCOCCCNC(=NC)NCc1ccccc1F. The standard InChI is InChI=1S/C16H26FN3O/c1-3-4-11-21-12-7-10-19-16(18-2)20-13-14-8-5-6-9-15(14)17/h5-6,8-9H,3-4,7,10-13H2,1-2H3,(H2,18,19,20). The highest BCUT2D eigenvalue weighted by Crippen LogP contribution is 2.05. The number of unbranched alkanes of at least 4 members (excludes halogenated alkanes) is 1. The van der Waals surface area contributed by atoms with Crippen LogP contribution in [-0.2, 0) is 11.3 Å². The van der Waals surface area contributed by atoms with Crippen LogP contribution in [0.3, 0.4) is 0 Å². The van der Waals surface area contributed by atoms with Gasteiger partial charge in [0.1, 0.15) is 5.82 Å². The Bertz CT molecular complexity index is 424. The lowest BCUT2D eigenvalue weighted by Gasteiger charge is -2.12. The topological polar surface area (TPSA) is 45.6 Å². The molecule has 0 heterocycles. The van der Waals surface area contributed by atoms with Gasteiger partial charge >= 0.3 is 0 Å². The second-order valence-electron chi connectivity index (χ2n) is 4.76. The molecule has 0 fully saturated rings. The molecule has 0 atom stereocenters. The first kappa shape index (κ1) is 17.4. The van der Waals surface area contributed by atoms with Crippen LogP contribution in [0, 0.1) is 5.82 Å². The second kappa shape index (κ2) is 11.1. The van der Waals surface area contributed by atoms with E-state index in [1.54, 1.807) is 19.2 Å². The lowest BCUT2D eigenvalue weighted by atomic mass is 10.2. The molecule has 0 radical (unpaired) electrons. The number of rotatable bonds is 9. The highest BCUT2D eigenvalue weighted by Gasteiger charge is 2.02. The van der Waals surface area contributed by atoms with Gasteiger partial charge in [-0.1, -0.05) is 31.5 Å². The quantitative estimate of drug-likeness (QED) is 0.418. The van der Waals surface area contributed by atoms with Gasteiger partial charge in [0.2, 0.25) is 0 Å². The van der Waals surface area contributed by atoms with E-state index < -0.39 is 0 Å². The minimum Gasteiger partial charge on any atom is -0.381 e. The normalized spacial score (nSPS) is 11.5. The largest absolute Gasteiger partial charge is 0.381 e. The Morgan fingerprint density at radius 2 is 1.95 bits per heavy atom. The number of halogens is 1. The van der Waals surface area contributed by atoms with Gasteiger partial charge in [-0.05, 0) is 18.9 Å². The summed E-state index contributed by atoms with van der Waals surface area (Å²) >= 11 is 0. The molecule has 0 unspecified atom stereocenters. The van der Waals surface area contributed by atoms with E-state index in [-0.39, 0.29) is 5.82 Å². The number of guanidine groups is 1. The van der Waals surface area contributed by atoms with Crippen LogP contribution in [0.5, 0.6) is 0 Å². The maximum absolute atomic E-state index is 13.5. The summed E-state index contributed by atoms with van der Waals surface area (Å²) in [6, 6.07) is 6.73. The number of hydrogen-bond donors (Lipinski definition) is 2. The molecule has 0 aliphatic rings. The summed E-state index contributed by atoms with van der Waals surface area (Å²) in [7, 11) is 1.70. The maximum atomic E-state index is 13.5. The van der Waals surface area contributed by atoms with E-state index in [4.69, 9.17) is 4.74 Å². The molecular formula is C16H26FN3O. The summed E-state index contributed by atoms with van der Waals surface area (Å²) in [5.41, 5.74) is 0.628. The third kappa shape index (κ3) is 7.66. The Labute approximate surface area is 126 Å². The molecule has 0 saturated carbocycles. The number of aliphatic imine (C=N–C) groups is 1. The predicted octanol–water partition coefficient (Wildman–Crippen LogP) is 2.70. The number of ether oxygens (including phenoxy) is 1. The number of benzene rings is 1. The van der Waals surface area contributed by atoms with Gasteiger partial charge in [-0.3, -0.25) is 4.99 Å². The summed E-state index contributed by atoms with van der Waals surface area (Å²) in [5.74, 6) is 0.469. The van der Waals surface area contributed by atoms with Crippen LogP contribution < -0.4 is 10.6 Å². The monoisotopic (exact) mass is 295 g/mol. The van der Waals surface area contributed by atoms with Crippen LogP contribution in [0.2, 0.25) is 0 Å². The second-order valence-corrected chi connectivity index (χ2v) is 4.76. The number of nitrogens with zero attached hydrogens (tertiary/aromatic N) is 1. The average Bonchev–Trinajstić information content (AvgIpc) is 2.51. The van der Waals surface area contributed by atoms with Crippen LogP contribution >= 0.6 is 0 Å².